The van der Waals surface area contributed by atoms with Crippen LogP contribution >= 0.6 is 23.2 Å². The van der Waals surface area contributed by atoms with E-state index < -0.39 is 0 Å². The second-order valence-electron chi connectivity index (χ2n) is 5.56. The van der Waals surface area contributed by atoms with Crippen molar-refractivity contribution in [3.05, 3.63) is 71.0 Å². The summed E-state index contributed by atoms with van der Waals surface area (Å²) in [4.78, 5) is 16.7. The highest BCUT2D eigenvalue weighted by Gasteiger charge is 2.14. The smallest absolute Gasteiger partial charge is 0.240 e. The van der Waals surface area contributed by atoms with Crippen LogP contribution in [0.2, 0.25) is 10.0 Å². The second kappa shape index (κ2) is 8.25. The van der Waals surface area contributed by atoms with Gasteiger partial charge in [-0.2, -0.15) is 0 Å². The number of rotatable bonds is 7. The Bertz CT molecular complexity index is 953. The van der Waals surface area contributed by atoms with Crippen molar-refractivity contribution in [3.8, 4) is 5.75 Å². The van der Waals surface area contributed by atoms with Gasteiger partial charge in [0.05, 0.1) is 16.1 Å². The molecule has 26 heavy (non-hydrogen) atoms. The fourth-order valence-corrected chi connectivity index (χ4v) is 3.00. The number of para-hydroxylation sites is 2. The first-order chi connectivity index (χ1) is 12.6. The number of aromatic nitrogens is 2. The van der Waals surface area contributed by atoms with E-state index in [4.69, 9.17) is 27.9 Å². The van der Waals surface area contributed by atoms with E-state index in [0.717, 1.165) is 11.0 Å². The molecule has 0 aliphatic heterocycles. The molecule has 0 saturated heterocycles. The SMILES string of the molecule is C=CCNC(=O)Cn1c(COc2ccc(Cl)cc2Cl)nc2ccccc21. The van der Waals surface area contributed by atoms with E-state index in [1.807, 2.05) is 28.8 Å². The summed E-state index contributed by atoms with van der Waals surface area (Å²) in [6, 6.07) is 12.6. The summed E-state index contributed by atoms with van der Waals surface area (Å²) in [7, 11) is 0. The molecule has 3 aromatic rings. The monoisotopic (exact) mass is 389 g/mol. The van der Waals surface area contributed by atoms with E-state index in [1.54, 1.807) is 24.3 Å². The molecule has 0 radical (unpaired) electrons. The Balaban J connectivity index is 1.85. The molecule has 3 rings (SSSR count). The van der Waals surface area contributed by atoms with Crippen molar-refractivity contribution in [1.82, 2.24) is 14.9 Å². The number of amides is 1. The number of carbonyl (C=O) groups excluding carboxylic acids is 1. The quantitative estimate of drug-likeness (QED) is 0.615. The van der Waals surface area contributed by atoms with Crippen molar-refractivity contribution in [2.24, 2.45) is 0 Å². The van der Waals surface area contributed by atoms with Crippen LogP contribution in [0, 0.1) is 0 Å². The Morgan fingerprint density at radius 3 is 2.85 bits per heavy atom. The van der Waals surface area contributed by atoms with Gasteiger partial charge in [-0.15, -0.1) is 6.58 Å². The van der Waals surface area contributed by atoms with Crippen LogP contribution in [-0.4, -0.2) is 22.0 Å². The number of carbonyl (C=O) groups is 1. The van der Waals surface area contributed by atoms with Gasteiger partial charge in [0.1, 0.15) is 24.7 Å². The number of nitrogens with zero attached hydrogens (tertiary/aromatic N) is 2. The maximum Gasteiger partial charge on any atom is 0.240 e. The molecule has 0 unspecified atom stereocenters. The van der Waals surface area contributed by atoms with Gasteiger partial charge in [0.2, 0.25) is 5.91 Å². The Morgan fingerprint density at radius 2 is 2.08 bits per heavy atom. The summed E-state index contributed by atoms with van der Waals surface area (Å²) in [6.45, 7) is 4.32. The third-order valence-corrected chi connectivity index (χ3v) is 4.26. The Morgan fingerprint density at radius 1 is 1.27 bits per heavy atom. The van der Waals surface area contributed by atoms with Gasteiger partial charge >= 0.3 is 0 Å². The lowest BCUT2D eigenvalue weighted by molar-refractivity contribution is -0.121. The molecule has 1 N–H and O–H groups in total. The molecule has 7 heteroatoms. The van der Waals surface area contributed by atoms with Gasteiger partial charge in [0.25, 0.3) is 0 Å². The molecular weight excluding hydrogens is 373 g/mol. The van der Waals surface area contributed by atoms with E-state index in [9.17, 15) is 4.79 Å². The number of ether oxygens (including phenoxy) is 1. The van der Waals surface area contributed by atoms with Crippen molar-refractivity contribution in [1.29, 1.82) is 0 Å². The molecule has 0 atom stereocenters. The highest BCUT2D eigenvalue weighted by Crippen LogP contribution is 2.28. The third-order valence-electron chi connectivity index (χ3n) is 3.73. The molecule has 5 nitrogen and oxygen atoms in total. The first kappa shape index (κ1) is 18.3. The van der Waals surface area contributed by atoms with Crippen molar-refractivity contribution in [2.45, 2.75) is 13.2 Å². The predicted octanol–water partition coefficient (Wildman–Crippen LogP) is 4.22. The highest BCUT2D eigenvalue weighted by atomic mass is 35.5. The van der Waals surface area contributed by atoms with Gasteiger partial charge < -0.3 is 14.6 Å². The molecule has 134 valence electrons. The van der Waals surface area contributed by atoms with Crippen molar-refractivity contribution < 1.29 is 9.53 Å². The van der Waals surface area contributed by atoms with Crippen LogP contribution in [0.15, 0.2) is 55.1 Å². The van der Waals surface area contributed by atoms with Crippen molar-refractivity contribution in [2.75, 3.05) is 6.54 Å². The lowest BCUT2D eigenvalue weighted by Crippen LogP contribution is -2.28. The van der Waals surface area contributed by atoms with Gasteiger partial charge in [0.15, 0.2) is 0 Å². The Hall–Kier alpha value is -2.50. The first-order valence-electron chi connectivity index (χ1n) is 7.98. The Labute approximate surface area is 161 Å². The van der Waals surface area contributed by atoms with Gasteiger partial charge in [-0.05, 0) is 30.3 Å². The highest BCUT2D eigenvalue weighted by molar-refractivity contribution is 6.35. The van der Waals surface area contributed by atoms with Crippen LogP contribution in [0.5, 0.6) is 5.75 Å². The molecule has 0 spiro atoms. The normalized spacial score (nSPS) is 10.7. The van der Waals surface area contributed by atoms with Crippen LogP contribution in [0.25, 0.3) is 11.0 Å². The fraction of sp³-hybridized carbons (Fsp3) is 0.158. The fourth-order valence-electron chi connectivity index (χ4n) is 2.53. The number of hydrogen-bond donors (Lipinski definition) is 1. The van der Waals surface area contributed by atoms with E-state index in [0.29, 0.717) is 28.2 Å². The van der Waals surface area contributed by atoms with Crippen LogP contribution in [0.3, 0.4) is 0 Å². The molecule has 0 fully saturated rings. The average molecular weight is 390 g/mol. The number of benzene rings is 2. The maximum atomic E-state index is 12.1. The van der Waals surface area contributed by atoms with Crippen LogP contribution in [-0.2, 0) is 17.9 Å². The van der Waals surface area contributed by atoms with Crippen LogP contribution in [0.1, 0.15) is 5.82 Å². The minimum absolute atomic E-state index is 0.126. The molecular formula is C19H17Cl2N3O2. The van der Waals surface area contributed by atoms with Gasteiger partial charge in [-0.3, -0.25) is 4.79 Å². The standard InChI is InChI=1S/C19H17Cl2N3O2/c1-2-9-22-19(25)11-24-16-6-4-3-5-15(16)23-18(24)12-26-17-8-7-13(20)10-14(17)21/h2-8,10H,1,9,11-12H2,(H,22,25). The predicted molar refractivity (Wildman–Crippen MR) is 104 cm³/mol. The Kier molecular flexibility index (Phi) is 5.81. The van der Waals surface area contributed by atoms with Gasteiger partial charge in [-0.25, -0.2) is 4.98 Å². The number of halogens is 2. The summed E-state index contributed by atoms with van der Waals surface area (Å²) in [5, 5.41) is 3.73. The topological polar surface area (TPSA) is 56.2 Å². The van der Waals surface area contributed by atoms with E-state index in [1.165, 1.54) is 0 Å². The molecule has 1 amide bonds. The minimum Gasteiger partial charge on any atom is -0.484 e. The molecule has 0 saturated carbocycles. The maximum absolute atomic E-state index is 12.1. The summed E-state index contributed by atoms with van der Waals surface area (Å²) >= 11 is 12.0. The number of hydrogen-bond acceptors (Lipinski definition) is 3. The lowest BCUT2D eigenvalue weighted by atomic mass is 10.3. The van der Waals surface area contributed by atoms with Crippen LogP contribution < -0.4 is 10.1 Å². The van der Waals surface area contributed by atoms with E-state index in [-0.39, 0.29) is 19.1 Å². The van der Waals surface area contributed by atoms with Gasteiger partial charge in [0, 0.05) is 11.6 Å². The van der Waals surface area contributed by atoms with Crippen molar-refractivity contribution >= 4 is 40.1 Å². The largest absolute Gasteiger partial charge is 0.484 e. The number of fused-ring (bicyclic) bond motifs is 1. The zero-order valence-electron chi connectivity index (χ0n) is 13.9. The molecule has 0 aliphatic carbocycles. The molecule has 1 aromatic heterocycles. The van der Waals surface area contributed by atoms with Crippen molar-refractivity contribution in [3.63, 3.8) is 0 Å². The summed E-state index contributed by atoms with van der Waals surface area (Å²) in [6.07, 6.45) is 1.64. The summed E-state index contributed by atoms with van der Waals surface area (Å²) < 4.78 is 7.62. The second-order valence-corrected chi connectivity index (χ2v) is 6.40. The summed E-state index contributed by atoms with van der Waals surface area (Å²) in [5.74, 6) is 1.01. The number of nitrogens with one attached hydrogen (secondary N) is 1. The zero-order valence-corrected chi connectivity index (χ0v) is 15.4. The zero-order chi connectivity index (χ0) is 18.5. The molecule has 0 bridgehead atoms. The molecule has 0 aliphatic rings. The van der Waals surface area contributed by atoms with Gasteiger partial charge in [-0.1, -0.05) is 41.4 Å². The van der Waals surface area contributed by atoms with E-state index >= 15 is 0 Å². The lowest BCUT2D eigenvalue weighted by Gasteiger charge is -2.11. The summed E-state index contributed by atoms with van der Waals surface area (Å²) in [5.41, 5.74) is 1.66. The first-order valence-corrected chi connectivity index (χ1v) is 8.73. The molecule has 1 heterocycles. The third kappa shape index (κ3) is 4.18. The minimum atomic E-state index is -0.126. The average Bonchev–Trinajstić information content (AvgIpc) is 2.97. The molecule has 2 aromatic carbocycles. The number of imidazole rings is 1. The van der Waals surface area contributed by atoms with Crippen LogP contribution in [0.4, 0.5) is 0 Å². The van der Waals surface area contributed by atoms with E-state index in [2.05, 4.69) is 16.9 Å².